The van der Waals surface area contributed by atoms with Crippen LogP contribution in [0.4, 0.5) is 11.4 Å². The smallest absolute Gasteiger partial charge is 0.243 e. The first kappa shape index (κ1) is 16.3. The van der Waals surface area contributed by atoms with Crippen molar-refractivity contribution in [2.75, 3.05) is 35.3 Å². The normalized spacial score (nSPS) is 14.0. The van der Waals surface area contributed by atoms with Crippen LogP contribution in [0.15, 0.2) is 58.3 Å². The molecule has 0 atom stereocenters. The molecule has 0 aliphatic carbocycles. The number of thioether (sulfide) groups is 2. The van der Waals surface area contributed by atoms with Gasteiger partial charge in [-0.15, -0.1) is 23.5 Å². The highest BCUT2D eigenvalue weighted by Gasteiger charge is 2.18. The number of hydrogen-bond acceptors (Lipinski definition) is 4. The molecule has 3 nitrogen and oxygen atoms in total. The van der Waals surface area contributed by atoms with Crippen molar-refractivity contribution in [3.8, 4) is 0 Å². The zero-order chi connectivity index (χ0) is 16.1. The number of amides is 1. The summed E-state index contributed by atoms with van der Waals surface area (Å²) in [4.78, 5) is 17.0. The number of para-hydroxylation sites is 2. The molecule has 120 valence electrons. The molecule has 1 aliphatic heterocycles. The minimum absolute atomic E-state index is 0.0354. The lowest BCUT2D eigenvalue weighted by Crippen LogP contribution is -2.34. The highest BCUT2D eigenvalue weighted by molar-refractivity contribution is 7.99. The Morgan fingerprint density at radius 3 is 2.87 bits per heavy atom. The number of carbonyl (C=O) groups excluding carboxylic acids is 1. The van der Waals surface area contributed by atoms with Crippen LogP contribution in [0.2, 0.25) is 0 Å². The van der Waals surface area contributed by atoms with Gasteiger partial charge in [0.05, 0.1) is 17.9 Å². The van der Waals surface area contributed by atoms with Gasteiger partial charge in [-0.2, -0.15) is 0 Å². The van der Waals surface area contributed by atoms with Gasteiger partial charge in [0.2, 0.25) is 5.91 Å². The van der Waals surface area contributed by atoms with E-state index in [1.165, 1.54) is 10.6 Å². The molecular weight excluding hydrogens is 324 g/mol. The number of nitrogens with zero attached hydrogens (tertiary/aromatic N) is 1. The van der Waals surface area contributed by atoms with E-state index in [4.69, 9.17) is 0 Å². The second kappa shape index (κ2) is 7.79. The fourth-order valence-electron chi connectivity index (χ4n) is 2.67. The lowest BCUT2D eigenvalue weighted by molar-refractivity contribution is -0.115. The van der Waals surface area contributed by atoms with Crippen LogP contribution in [-0.2, 0) is 4.79 Å². The molecule has 1 amide bonds. The maximum atomic E-state index is 12.5. The summed E-state index contributed by atoms with van der Waals surface area (Å²) in [6, 6.07) is 16.3. The van der Waals surface area contributed by atoms with Gasteiger partial charge in [-0.25, -0.2) is 0 Å². The van der Waals surface area contributed by atoms with Crippen LogP contribution in [0, 0.1) is 0 Å². The highest BCUT2D eigenvalue weighted by Crippen LogP contribution is 2.33. The number of rotatable bonds is 4. The minimum Gasteiger partial charge on any atom is -0.361 e. The molecule has 0 aromatic heterocycles. The third-order valence-corrected chi connectivity index (χ3v) is 5.70. The Balaban J connectivity index is 1.73. The van der Waals surface area contributed by atoms with Crippen molar-refractivity contribution in [2.45, 2.75) is 16.2 Å². The summed E-state index contributed by atoms with van der Waals surface area (Å²) in [5, 5.41) is 3.05. The van der Waals surface area contributed by atoms with Crippen molar-refractivity contribution >= 4 is 40.8 Å². The lowest BCUT2D eigenvalue weighted by Gasteiger charge is -2.24. The van der Waals surface area contributed by atoms with Gasteiger partial charge in [0.15, 0.2) is 0 Å². The Morgan fingerprint density at radius 2 is 2.00 bits per heavy atom. The zero-order valence-corrected chi connectivity index (χ0v) is 14.8. The van der Waals surface area contributed by atoms with Crippen LogP contribution in [0.25, 0.3) is 0 Å². The van der Waals surface area contributed by atoms with Gasteiger partial charge in [0.1, 0.15) is 0 Å². The summed E-state index contributed by atoms with van der Waals surface area (Å²) in [5.41, 5.74) is 2.06. The topological polar surface area (TPSA) is 32.3 Å². The summed E-state index contributed by atoms with van der Waals surface area (Å²) in [6.07, 6.45) is 3.11. The fourth-order valence-corrected chi connectivity index (χ4v) is 4.24. The van der Waals surface area contributed by atoms with Gasteiger partial charge >= 0.3 is 0 Å². The molecule has 0 spiro atoms. The summed E-state index contributed by atoms with van der Waals surface area (Å²) in [7, 11) is 0. The van der Waals surface area contributed by atoms with Crippen molar-refractivity contribution < 1.29 is 4.79 Å². The Hall–Kier alpha value is -1.59. The van der Waals surface area contributed by atoms with E-state index in [1.807, 2.05) is 48.3 Å². The molecule has 2 aromatic rings. The van der Waals surface area contributed by atoms with Gasteiger partial charge in [0, 0.05) is 16.3 Å². The molecule has 0 unspecified atom stereocenters. The first-order valence-electron chi connectivity index (χ1n) is 7.67. The largest absolute Gasteiger partial charge is 0.361 e. The molecule has 1 heterocycles. The molecule has 0 bridgehead atoms. The molecule has 0 radical (unpaired) electrons. The molecular formula is C18H20N2OS2. The molecule has 0 fully saturated rings. The summed E-state index contributed by atoms with van der Waals surface area (Å²) < 4.78 is 0. The number of fused-ring (bicyclic) bond motifs is 1. The number of carbonyl (C=O) groups is 1. The number of anilines is 2. The number of nitrogens with one attached hydrogen (secondary N) is 1. The van der Waals surface area contributed by atoms with E-state index in [1.54, 1.807) is 11.8 Å². The average Bonchev–Trinajstić information content (AvgIpc) is 2.78. The standard InChI is InChI=1S/C18H20N2OS2/c1-22-16-9-4-2-7-14(16)19-18(21)13-20-11-6-12-23-17-10-5-3-8-15(17)20/h2-5,7-10H,6,11-13H2,1H3,(H,19,21). The second-order valence-corrected chi connectivity index (χ2v) is 7.32. The predicted molar refractivity (Wildman–Crippen MR) is 101 cm³/mol. The fraction of sp³-hybridized carbons (Fsp3) is 0.278. The van der Waals surface area contributed by atoms with Gasteiger partial charge in [-0.1, -0.05) is 24.3 Å². The molecule has 5 heteroatoms. The second-order valence-electron chi connectivity index (χ2n) is 5.34. The zero-order valence-electron chi connectivity index (χ0n) is 13.1. The molecule has 23 heavy (non-hydrogen) atoms. The highest BCUT2D eigenvalue weighted by atomic mass is 32.2. The van der Waals surface area contributed by atoms with Gasteiger partial charge < -0.3 is 10.2 Å². The molecule has 0 saturated carbocycles. The van der Waals surface area contributed by atoms with Crippen LogP contribution in [0.3, 0.4) is 0 Å². The third-order valence-electron chi connectivity index (χ3n) is 3.75. The van der Waals surface area contributed by atoms with E-state index in [0.29, 0.717) is 6.54 Å². The van der Waals surface area contributed by atoms with Crippen molar-refractivity contribution in [1.82, 2.24) is 0 Å². The van der Waals surface area contributed by atoms with Crippen molar-refractivity contribution in [3.63, 3.8) is 0 Å². The maximum absolute atomic E-state index is 12.5. The minimum atomic E-state index is 0.0354. The molecule has 2 aromatic carbocycles. The molecule has 1 aliphatic rings. The Kier molecular flexibility index (Phi) is 5.51. The maximum Gasteiger partial charge on any atom is 0.243 e. The number of benzene rings is 2. The van der Waals surface area contributed by atoms with E-state index >= 15 is 0 Å². The van der Waals surface area contributed by atoms with Crippen LogP contribution in [0.5, 0.6) is 0 Å². The third kappa shape index (κ3) is 4.03. The quantitative estimate of drug-likeness (QED) is 0.836. The van der Waals surface area contributed by atoms with E-state index in [0.717, 1.165) is 29.3 Å². The van der Waals surface area contributed by atoms with E-state index in [2.05, 4.69) is 28.4 Å². The van der Waals surface area contributed by atoms with Gasteiger partial charge in [0.25, 0.3) is 0 Å². The number of hydrogen-bond donors (Lipinski definition) is 1. The monoisotopic (exact) mass is 344 g/mol. The SMILES string of the molecule is CSc1ccccc1NC(=O)CN1CCCSc2ccccc21. The van der Waals surface area contributed by atoms with Crippen molar-refractivity contribution in [1.29, 1.82) is 0 Å². The van der Waals surface area contributed by atoms with Gasteiger partial charge in [-0.3, -0.25) is 4.79 Å². The first-order chi connectivity index (χ1) is 11.3. The predicted octanol–water partition coefficient (Wildman–Crippen LogP) is 4.35. The molecule has 1 N–H and O–H groups in total. The summed E-state index contributed by atoms with van der Waals surface area (Å²) >= 11 is 3.52. The molecule has 0 saturated heterocycles. The van der Waals surface area contributed by atoms with E-state index in [9.17, 15) is 4.79 Å². The lowest BCUT2D eigenvalue weighted by atomic mass is 10.2. The van der Waals surface area contributed by atoms with Crippen molar-refractivity contribution in [2.24, 2.45) is 0 Å². The van der Waals surface area contributed by atoms with E-state index in [-0.39, 0.29) is 5.91 Å². The Labute approximate surface area is 145 Å². The van der Waals surface area contributed by atoms with Crippen LogP contribution in [-0.4, -0.2) is 31.0 Å². The van der Waals surface area contributed by atoms with E-state index < -0.39 is 0 Å². The summed E-state index contributed by atoms with van der Waals surface area (Å²) in [6.45, 7) is 1.31. The van der Waals surface area contributed by atoms with Crippen LogP contribution >= 0.6 is 23.5 Å². The van der Waals surface area contributed by atoms with Gasteiger partial charge in [-0.05, 0) is 42.7 Å². The first-order valence-corrected chi connectivity index (χ1v) is 9.88. The molecule has 3 rings (SSSR count). The van der Waals surface area contributed by atoms with Crippen LogP contribution in [0.1, 0.15) is 6.42 Å². The van der Waals surface area contributed by atoms with Crippen molar-refractivity contribution in [3.05, 3.63) is 48.5 Å². The average molecular weight is 345 g/mol. The Morgan fingerprint density at radius 1 is 1.22 bits per heavy atom. The Bertz CT molecular complexity index is 690. The van der Waals surface area contributed by atoms with Crippen LogP contribution < -0.4 is 10.2 Å². The summed E-state index contributed by atoms with van der Waals surface area (Å²) in [5.74, 6) is 1.14.